The van der Waals surface area contributed by atoms with Crippen LogP contribution in [0.2, 0.25) is 0 Å². The Morgan fingerprint density at radius 3 is 2.37 bits per heavy atom. The van der Waals surface area contributed by atoms with Crippen LogP contribution in [0, 0.1) is 0 Å². The van der Waals surface area contributed by atoms with E-state index in [1.165, 1.54) is 32.1 Å². The third kappa shape index (κ3) is 2.62. The topological polar surface area (TPSA) is 40.6 Å². The van der Waals surface area contributed by atoms with Crippen molar-refractivity contribution < 1.29 is 9.59 Å². The molecule has 2 aliphatic heterocycles. The van der Waals surface area contributed by atoms with Crippen LogP contribution in [0.25, 0.3) is 0 Å². The van der Waals surface area contributed by atoms with E-state index in [-0.39, 0.29) is 17.9 Å². The molecule has 2 amide bonds. The van der Waals surface area contributed by atoms with Crippen molar-refractivity contribution in [3.63, 3.8) is 0 Å². The molecule has 5 heteroatoms. The Kier molecular flexibility index (Phi) is 4.01. The molecule has 4 nitrogen and oxygen atoms in total. The standard InChI is InChI=1S/C14H22N2O2S/c17-13-8-15(11-6-4-2-1-3-5-7-11)14(18)12-9-19-10-16(12)13/h11-12H,1-10H2. The molecule has 2 heterocycles. The van der Waals surface area contributed by atoms with Crippen LogP contribution < -0.4 is 0 Å². The van der Waals surface area contributed by atoms with E-state index in [2.05, 4.69) is 0 Å². The first-order valence-electron chi connectivity index (χ1n) is 7.45. The molecule has 0 aromatic rings. The first-order valence-corrected chi connectivity index (χ1v) is 8.60. The van der Waals surface area contributed by atoms with Crippen molar-refractivity contribution in [3.8, 4) is 0 Å². The van der Waals surface area contributed by atoms with E-state index in [0.29, 0.717) is 18.5 Å². The number of hydrogen-bond acceptors (Lipinski definition) is 3. The lowest BCUT2D eigenvalue weighted by Gasteiger charge is -2.40. The zero-order valence-electron chi connectivity index (χ0n) is 11.3. The number of fused-ring (bicyclic) bond motifs is 1. The maximum absolute atomic E-state index is 12.6. The van der Waals surface area contributed by atoms with Crippen LogP contribution in [0.1, 0.15) is 44.9 Å². The molecule has 2 saturated heterocycles. The summed E-state index contributed by atoms with van der Waals surface area (Å²) in [7, 11) is 0. The lowest BCUT2D eigenvalue weighted by atomic mass is 9.94. The number of carbonyl (C=O) groups is 2. The van der Waals surface area contributed by atoms with Gasteiger partial charge in [0.05, 0.1) is 5.88 Å². The Bertz CT molecular complexity index is 366. The maximum atomic E-state index is 12.6. The quantitative estimate of drug-likeness (QED) is 0.737. The van der Waals surface area contributed by atoms with E-state index in [1.807, 2.05) is 4.90 Å². The molecule has 106 valence electrons. The van der Waals surface area contributed by atoms with Crippen molar-refractivity contribution in [2.75, 3.05) is 18.2 Å². The molecular formula is C14H22N2O2S. The van der Waals surface area contributed by atoms with Gasteiger partial charge in [0.1, 0.15) is 12.6 Å². The van der Waals surface area contributed by atoms with Crippen molar-refractivity contribution in [2.45, 2.75) is 57.0 Å². The fraction of sp³-hybridized carbons (Fsp3) is 0.857. The molecule has 0 spiro atoms. The van der Waals surface area contributed by atoms with E-state index in [4.69, 9.17) is 0 Å². The van der Waals surface area contributed by atoms with Gasteiger partial charge in [-0.05, 0) is 12.8 Å². The van der Waals surface area contributed by atoms with Gasteiger partial charge in [-0.15, -0.1) is 11.8 Å². The highest BCUT2D eigenvalue weighted by atomic mass is 32.2. The molecule has 0 bridgehead atoms. The molecule has 1 atom stereocenters. The van der Waals surface area contributed by atoms with Gasteiger partial charge < -0.3 is 9.80 Å². The normalized spacial score (nSPS) is 30.2. The highest BCUT2D eigenvalue weighted by molar-refractivity contribution is 7.99. The van der Waals surface area contributed by atoms with Gasteiger partial charge >= 0.3 is 0 Å². The lowest BCUT2D eigenvalue weighted by molar-refractivity contribution is -0.155. The first kappa shape index (κ1) is 13.3. The Morgan fingerprint density at radius 1 is 0.947 bits per heavy atom. The minimum atomic E-state index is -0.170. The molecule has 1 saturated carbocycles. The third-order valence-electron chi connectivity index (χ3n) is 4.59. The average Bonchev–Trinajstić information content (AvgIpc) is 2.84. The van der Waals surface area contributed by atoms with Crippen LogP contribution in [0.4, 0.5) is 0 Å². The van der Waals surface area contributed by atoms with Gasteiger partial charge in [-0.25, -0.2) is 0 Å². The van der Waals surface area contributed by atoms with Crippen molar-refractivity contribution in [1.29, 1.82) is 0 Å². The number of amides is 2. The van der Waals surface area contributed by atoms with Crippen LogP contribution in [-0.4, -0.2) is 51.9 Å². The molecule has 0 aromatic carbocycles. The molecule has 3 fully saturated rings. The summed E-state index contributed by atoms with van der Waals surface area (Å²) in [6.45, 7) is 0.320. The highest BCUT2D eigenvalue weighted by Gasteiger charge is 2.44. The van der Waals surface area contributed by atoms with Gasteiger partial charge in [0.15, 0.2) is 0 Å². The zero-order chi connectivity index (χ0) is 13.2. The maximum Gasteiger partial charge on any atom is 0.246 e. The second kappa shape index (κ2) is 5.73. The SMILES string of the molecule is O=C1C2CSCN2C(=O)CN1C1CCCCCCC1. The van der Waals surface area contributed by atoms with E-state index >= 15 is 0 Å². The summed E-state index contributed by atoms with van der Waals surface area (Å²) in [6.07, 6.45) is 8.44. The van der Waals surface area contributed by atoms with Crippen LogP contribution in [0.15, 0.2) is 0 Å². The van der Waals surface area contributed by atoms with Gasteiger partial charge in [0.25, 0.3) is 0 Å². The van der Waals surface area contributed by atoms with Crippen molar-refractivity contribution in [2.24, 2.45) is 0 Å². The van der Waals surface area contributed by atoms with Crippen LogP contribution >= 0.6 is 11.8 Å². The summed E-state index contributed by atoms with van der Waals surface area (Å²) >= 11 is 1.70. The number of hydrogen-bond donors (Lipinski definition) is 0. The van der Waals surface area contributed by atoms with Gasteiger partial charge in [-0.1, -0.05) is 32.1 Å². The summed E-state index contributed by atoms with van der Waals surface area (Å²) < 4.78 is 0. The van der Waals surface area contributed by atoms with E-state index in [0.717, 1.165) is 18.6 Å². The number of nitrogens with zero attached hydrogens (tertiary/aromatic N) is 2. The monoisotopic (exact) mass is 282 g/mol. The number of carbonyl (C=O) groups excluding carboxylic acids is 2. The Morgan fingerprint density at radius 2 is 1.63 bits per heavy atom. The molecule has 0 N–H and O–H groups in total. The summed E-state index contributed by atoms with van der Waals surface area (Å²) in [5.74, 6) is 1.84. The van der Waals surface area contributed by atoms with E-state index < -0.39 is 0 Å². The minimum absolute atomic E-state index is 0.150. The highest BCUT2D eigenvalue weighted by Crippen LogP contribution is 2.29. The number of rotatable bonds is 1. The van der Waals surface area contributed by atoms with Gasteiger partial charge in [-0.2, -0.15) is 0 Å². The fourth-order valence-corrected chi connectivity index (χ4v) is 4.63. The largest absolute Gasteiger partial charge is 0.329 e. The molecule has 19 heavy (non-hydrogen) atoms. The predicted octanol–water partition coefficient (Wildman–Crippen LogP) is 1.84. The second-order valence-corrected chi connectivity index (χ2v) is 6.84. The second-order valence-electron chi connectivity index (χ2n) is 5.84. The number of thioether (sulfide) groups is 1. The molecule has 1 unspecified atom stereocenters. The minimum Gasteiger partial charge on any atom is -0.329 e. The fourth-order valence-electron chi connectivity index (χ4n) is 3.45. The smallest absolute Gasteiger partial charge is 0.246 e. The van der Waals surface area contributed by atoms with E-state index in [9.17, 15) is 9.59 Å². The molecule has 3 aliphatic rings. The molecular weight excluding hydrogens is 260 g/mol. The van der Waals surface area contributed by atoms with Crippen molar-refractivity contribution in [1.82, 2.24) is 9.80 Å². The van der Waals surface area contributed by atoms with Crippen molar-refractivity contribution >= 4 is 23.6 Å². The molecule has 3 rings (SSSR count). The summed E-state index contributed by atoms with van der Waals surface area (Å²) in [4.78, 5) is 28.4. The average molecular weight is 282 g/mol. The predicted molar refractivity (Wildman–Crippen MR) is 75.8 cm³/mol. The first-order chi connectivity index (χ1) is 9.27. The van der Waals surface area contributed by atoms with Gasteiger partial charge in [0, 0.05) is 11.8 Å². The summed E-state index contributed by atoms with van der Waals surface area (Å²) in [5.41, 5.74) is 0. The molecule has 0 radical (unpaired) electrons. The molecule has 0 aromatic heterocycles. The van der Waals surface area contributed by atoms with E-state index in [1.54, 1.807) is 16.7 Å². The van der Waals surface area contributed by atoms with Crippen LogP contribution in [-0.2, 0) is 9.59 Å². The van der Waals surface area contributed by atoms with Crippen molar-refractivity contribution in [3.05, 3.63) is 0 Å². The van der Waals surface area contributed by atoms with Crippen LogP contribution in [0.3, 0.4) is 0 Å². The van der Waals surface area contributed by atoms with Gasteiger partial charge in [0.2, 0.25) is 11.8 Å². The Balaban J connectivity index is 1.72. The zero-order valence-corrected chi connectivity index (χ0v) is 12.2. The van der Waals surface area contributed by atoms with Crippen LogP contribution in [0.5, 0.6) is 0 Å². The lowest BCUT2D eigenvalue weighted by Crippen LogP contribution is -2.60. The summed E-state index contributed by atoms with van der Waals surface area (Å²) in [5, 5.41) is 0. The Labute approximate surface area is 118 Å². The third-order valence-corrected chi connectivity index (χ3v) is 5.60. The van der Waals surface area contributed by atoms with Gasteiger partial charge in [-0.3, -0.25) is 9.59 Å². The summed E-state index contributed by atoms with van der Waals surface area (Å²) in [6, 6.07) is 0.140. The molecule has 1 aliphatic carbocycles. The number of piperazine rings is 1. The Hall–Kier alpha value is -0.710.